The van der Waals surface area contributed by atoms with Crippen molar-refractivity contribution in [3.63, 3.8) is 0 Å². The summed E-state index contributed by atoms with van der Waals surface area (Å²) in [5, 5.41) is 4.73. The van der Waals surface area contributed by atoms with Crippen molar-refractivity contribution in [2.75, 3.05) is 0 Å². The van der Waals surface area contributed by atoms with Gasteiger partial charge in [-0.2, -0.15) is 0 Å². The SMILES string of the molecule is C=C/C(Cl)=C(\C=C)NC(=O)c1cc(-c2cncc3ccccc23)c[nH]c1=O. The van der Waals surface area contributed by atoms with Crippen LogP contribution in [0.2, 0.25) is 0 Å². The Kier molecular flexibility index (Phi) is 5.33. The third kappa shape index (κ3) is 3.73. The summed E-state index contributed by atoms with van der Waals surface area (Å²) in [5.41, 5.74) is 1.19. The highest BCUT2D eigenvalue weighted by Gasteiger charge is 2.15. The van der Waals surface area contributed by atoms with Crippen LogP contribution in [0.25, 0.3) is 21.9 Å². The third-order valence-electron chi connectivity index (χ3n) is 4.02. The second-order valence-corrected chi connectivity index (χ2v) is 6.07. The van der Waals surface area contributed by atoms with E-state index in [1.165, 1.54) is 18.2 Å². The highest BCUT2D eigenvalue weighted by molar-refractivity contribution is 6.31. The van der Waals surface area contributed by atoms with Crippen molar-refractivity contribution in [1.29, 1.82) is 0 Å². The molecule has 2 heterocycles. The lowest BCUT2D eigenvalue weighted by Gasteiger charge is -2.09. The number of carbonyl (C=O) groups excluding carboxylic acids is 1. The minimum atomic E-state index is -0.596. The van der Waals surface area contributed by atoms with E-state index in [0.717, 1.165) is 16.3 Å². The number of pyridine rings is 2. The van der Waals surface area contributed by atoms with Gasteiger partial charge in [0.2, 0.25) is 0 Å². The van der Waals surface area contributed by atoms with Gasteiger partial charge in [-0.25, -0.2) is 0 Å². The molecule has 27 heavy (non-hydrogen) atoms. The number of amides is 1. The van der Waals surface area contributed by atoms with Gasteiger partial charge in [0.05, 0.1) is 10.7 Å². The minimum Gasteiger partial charge on any atom is -0.328 e. The molecule has 0 spiro atoms. The molecule has 0 aliphatic heterocycles. The number of nitrogens with one attached hydrogen (secondary N) is 2. The number of allylic oxidation sites excluding steroid dienone is 3. The van der Waals surface area contributed by atoms with E-state index < -0.39 is 11.5 Å². The minimum absolute atomic E-state index is 0.0479. The molecule has 0 unspecified atom stereocenters. The van der Waals surface area contributed by atoms with Crippen LogP contribution < -0.4 is 10.9 Å². The van der Waals surface area contributed by atoms with Crippen molar-refractivity contribution in [2.24, 2.45) is 0 Å². The van der Waals surface area contributed by atoms with E-state index in [0.29, 0.717) is 5.56 Å². The number of hydrogen-bond donors (Lipinski definition) is 2. The first-order valence-corrected chi connectivity index (χ1v) is 8.44. The molecule has 0 atom stereocenters. The predicted molar refractivity (Wildman–Crippen MR) is 109 cm³/mol. The lowest BCUT2D eigenvalue weighted by Crippen LogP contribution is -2.29. The molecule has 0 aliphatic carbocycles. The van der Waals surface area contributed by atoms with Crippen LogP contribution in [0.3, 0.4) is 0 Å². The lowest BCUT2D eigenvalue weighted by atomic mass is 10.0. The maximum atomic E-state index is 12.6. The Morgan fingerprint density at radius 3 is 2.70 bits per heavy atom. The molecular weight excluding hydrogens is 362 g/mol. The largest absolute Gasteiger partial charge is 0.328 e. The molecule has 0 fully saturated rings. The number of carbonyl (C=O) groups is 1. The average Bonchev–Trinajstić information content (AvgIpc) is 2.71. The number of halogens is 1. The molecule has 3 rings (SSSR count). The van der Waals surface area contributed by atoms with E-state index in [-0.39, 0.29) is 16.3 Å². The quantitative estimate of drug-likeness (QED) is 0.656. The molecule has 0 aliphatic rings. The summed E-state index contributed by atoms with van der Waals surface area (Å²) in [6, 6.07) is 9.28. The van der Waals surface area contributed by atoms with E-state index in [2.05, 4.69) is 28.4 Å². The fourth-order valence-corrected chi connectivity index (χ4v) is 2.79. The van der Waals surface area contributed by atoms with E-state index in [9.17, 15) is 9.59 Å². The summed E-state index contributed by atoms with van der Waals surface area (Å²) in [6.07, 6.45) is 7.78. The first-order chi connectivity index (χ1) is 13.0. The van der Waals surface area contributed by atoms with Gasteiger partial charge < -0.3 is 10.3 Å². The van der Waals surface area contributed by atoms with Gasteiger partial charge in [0.25, 0.3) is 11.5 Å². The molecule has 0 saturated carbocycles. The number of aromatic nitrogens is 2. The third-order valence-corrected chi connectivity index (χ3v) is 4.37. The lowest BCUT2D eigenvalue weighted by molar-refractivity contribution is 0.0965. The Morgan fingerprint density at radius 2 is 1.96 bits per heavy atom. The van der Waals surface area contributed by atoms with Crippen LogP contribution in [-0.4, -0.2) is 15.9 Å². The second-order valence-electron chi connectivity index (χ2n) is 5.66. The maximum absolute atomic E-state index is 12.6. The van der Waals surface area contributed by atoms with Crippen LogP contribution in [0, 0.1) is 0 Å². The number of aromatic amines is 1. The molecule has 0 radical (unpaired) electrons. The van der Waals surface area contributed by atoms with Gasteiger partial charge in [-0.15, -0.1) is 0 Å². The van der Waals surface area contributed by atoms with Crippen LogP contribution in [0.4, 0.5) is 0 Å². The Balaban J connectivity index is 2.07. The summed E-state index contributed by atoms with van der Waals surface area (Å²) < 4.78 is 0. The van der Waals surface area contributed by atoms with Crippen molar-refractivity contribution in [3.05, 3.63) is 101 Å². The second kappa shape index (κ2) is 7.85. The van der Waals surface area contributed by atoms with Gasteiger partial charge in [0.1, 0.15) is 5.56 Å². The normalized spacial score (nSPS) is 11.6. The standard InChI is InChI=1S/C21H16ClN3O2/c1-3-18(22)19(4-2)25-21(27)16-9-14(11-24-20(16)26)17-12-23-10-13-7-5-6-8-15(13)17/h3-12H,1-2H2,(H,24,26)(H,25,27)/b19-18-. The molecule has 0 saturated heterocycles. The van der Waals surface area contributed by atoms with Crippen LogP contribution in [0.15, 0.2) is 89.8 Å². The first-order valence-electron chi connectivity index (χ1n) is 8.07. The van der Waals surface area contributed by atoms with Crippen LogP contribution in [0.1, 0.15) is 10.4 Å². The molecule has 5 nitrogen and oxygen atoms in total. The summed E-state index contributed by atoms with van der Waals surface area (Å²) in [6.45, 7) is 7.15. The molecule has 1 aromatic carbocycles. The molecule has 1 amide bonds. The van der Waals surface area contributed by atoms with E-state index in [1.54, 1.807) is 18.6 Å². The van der Waals surface area contributed by atoms with Gasteiger partial charge in [-0.3, -0.25) is 14.6 Å². The average molecular weight is 378 g/mol. The Labute approximate surface area is 160 Å². The molecule has 6 heteroatoms. The fourth-order valence-electron chi connectivity index (χ4n) is 2.66. The molecular formula is C21H16ClN3O2. The van der Waals surface area contributed by atoms with Crippen molar-refractivity contribution in [1.82, 2.24) is 15.3 Å². The molecule has 2 aromatic heterocycles. The van der Waals surface area contributed by atoms with Gasteiger partial charge >= 0.3 is 0 Å². The van der Waals surface area contributed by atoms with Crippen LogP contribution >= 0.6 is 11.6 Å². The number of benzene rings is 1. The van der Waals surface area contributed by atoms with Crippen molar-refractivity contribution >= 4 is 28.3 Å². The van der Waals surface area contributed by atoms with Crippen molar-refractivity contribution < 1.29 is 4.79 Å². The molecule has 134 valence electrons. The van der Waals surface area contributed by atoms with E-state index in [4.69, 9.17) is 11.6 Å². The summed E-state index contributed by atoms with van der Waals surface area (Å²) >= 11 is 5.98. The summed E-state index contributed by atoms with van der Waals surface area (Å²) in [5.74, 6) is -0.596. The Morgan fingerprint density at radius 1 is 1.19 bits per heavy atom. The van der Waals surface area contributed by atoms with E-state index >= 15 is 0 Å². The number of H-pyrrole nitrogens is 1. The zero-order chi connectivity index (χ0) is 19.4. The number of hydrogen-bond acceptors (Lipinski definition) is 3. The summed E-state index contributed by atoms with van der Waals surface area (Å²) in [4.78, 5) is 31.6. The molecule has 0 bridgehead atoms. The van der Waals surface area contributed by atoms with Gasteiger partial charge in [0.15, 0.2) is 0 Å². The van der Waals surface area contributed by atoms with Crippen molar-refractivity contribution in [2.45, 2.75) is 0 Å². The van der Waals surface area contributed by atoms with Crippen LogP contribution in [0.5, 0.6) is 0 Å². The number of rotatable bonds is 5. The zero-order valence-corrected chi connectivity index (χ0v) is 15.1. The van der Waals surface area contributed by atoms with Gasteiger partial charge in [-0.05, 0) is 23.6 Å². The number of fused-ring (bicyclic) bond motifs is 1. The Bertz CT molecular complexity index is 1140. The fraction of sp³-hybridized carbons (Fsp3) is 0. The van der Waals surface area contributed by atoms with Crippen LogP contribution in [-0.2, 0) is 0 Å². The summed E-state index contributed by atoms with van der Waals surface area (Å²) in [7, 11) is 0. The first kappa shape index (κ1) is 18.4. The maximum Gasteiger partial charge on any atom is 0.261 e. The monoisotopic (exact) mass is 377 g/mol. The number of nitrogens with zero attached hydrogens (tertiary/aromatic N) is 1. The Hall–Kier alpha value is -3.44. The topological polar surface area (TPSA) is 74.8 Å². The van der Waals surface area contributed by atoms with Gasteiger partial charge in [0, 0.05) is 35.1 Å². The smallest absolute Gasteiger partial charge is 0.261 e. The predicted octanol–water partition coefficient (Wildman–Crippen LogP) is 4.14. The van der Waals surface area contributed by atoms with Gasteiger partial charge in [-0.1, -0.05) is 49.0 Å². The molecule has 2 N–H and O–H groups in total. The van der Waals surface area contributed by atoms with E-state index in [1.807, 2.05) is 24.3 Å². The van der Waals surface area contributed by atoms with Crippen molar-refractivity contribution in [3.8, 4) is 11.1 Å². The highest BCUT2D eigenvalue weighted by Crippen LogP contribution is 2.27. The zero-order valence-electron chi connectivity index (χ0n) is 14.3. The highest BCUT2D eigenvalue weighted by atomic mass is 35.5. The molecule has 3 aromatic rings.